The van der Waals surface area contributed by atoms with E-state index in [2.05, 4.69) is 9.97 Å². The summed E-state index contributed by atoms with van der Waals surface area (Å²) in [6, 6.07) is 15.4. The van der Waals surface area contributed by atoms with Crippen molar-refractivity contribution >= 4 is 17.7 Å². The molecule has 0 radical (unpaired) electrons. The summed E-state index contributed by atoms with van der Waals surface area (Å²) >= 11 is 0.912. The molecule has 3 aromatic rings. The van der Waals surface area contributed by atoms with Crippen LogP contribution in [0, 0.1) is 0 Å². The first-order valence-corrected chi connectivity index (χ1v) is 10.9. The van der Waals surface area contributed by atoms with Gasteiger partial charge < -0.3 is 9.64 Å². The fourth-order valence-electron chi connectivity index (χ4n) is 3.47. The number of hydrogen-bond donors (Lipinski definition) is 0. The van der Waals surface area contributed by atoms with E-state index in [1.165, 1.54) is 12.7 Å². The van der Waals surface area contributed by atoms with Gasteiger partial charge in [-0.15, -0.1) is 0 Å². The SMILES string of the molecule is COc1ccc(-c2cc(C(F)(F)F)nc(SCC(=O)N3CCc4ccccc4C3)n2)cc1. The van der Waals surface area contributed by atoms with Crippen LogP contribution in [0.25, 0.3) is 11.3 Å². The summed E-state index contributed by atoms with van der Waals surface area (Å²) < 4.78 is 45.3. The molecule has 1 aliphatic rings. The Morgan fingerprint density at radius 3 is 2.50 bits per heavy atom. The van der Waals surface area contributed by atoms with Gasteiger partial charge in [0.2, 0.25) is 5.91 Å². The van der Waals surface area contributed by atoms with Crippen LogP contribution in [-0.2, 0) is 23.9 Å². The second kappa shape index (κ2) is 9.20. The van der Waals surface area contributed by atoms with Gasteiger partial charge >= 0.3 is 6.18 Å². The second-order valence-corrected chi connectivity index (χ2v) is 8.21. The number of thioether (sulfide) groups is 1. The number of amides is 1. The molecule has 5 nitrogen and oxygen atoms in total. The van der Waals surface area contributed by atoms with E-state index in [0.717, 1.165) is 29.8 Å². The van der Waals surface area contributed by atoms with Gasteiger partial charge in [-0.05, 0) is 47.9 Å². The molecule has 0 atom stereocenters. The van der Waals surface area contributed by atoms with Crippen molar-refractivity contribution in [2.75, 3.05) is 19.4 Å². The first-order valence-electron chi connectivity index (χ1n) is 9.91. The number of halogens is 3. The molecule has 1 aromatic heterocycles. The van der Waals surface area contributed by atoms with E-state index in [9.17, 15) is 18.0 Å². The summed E-state index contributed by atoms with van der Waals surface area (Å²) in [6.45, 7) is 1.08. The van der Waals surface area contributed by atoms with Gasteiger partial charge in [0, 0.05) is 18.7 Å². The summed E-state index contributed by atoms with van der Waals surface area (Å²) in [7, 11) is 1.51. The summed E-state index contributed by atoms with van der Waals surface area (Å²) in [4.78, 5) is 22.3. The minimum absolute atomic E-state index is 0.0362. The molecule has 0 spiro atoms. The fraction of sp³-hybridized carbons (Fsp3) is 0.261. The van der Waals surface area contributed by atoms with Crippen LogP contribution in [0.4, 0.5) is 13.2 Å². The highest BCUT2D eigenvalue weighted by Crippen LogP contribution is 2.32. The molecule has 0 saturated heterocycles. The maximum absolute atomic E-state index is 13.4. The van der Waals surface area contributed by atoms with Gasteiger partial charge in [0.05, 0.1) is 18.6 Å². The molecular formula is C23H20F3N3O2S. The van der Waals surface area contributed by atoms with Gasteiger partial charge in [0.15, 0.2) is 5.16 Å². The number of carbonyl (C=O) groups is 1. The van der Waals surface area contributed by atoms with Gasteiger partial charge in [0.25, 0.3) is 0 Å². The predicted octanol–water partition coefficient (Wildman–Crippen LogP) is 4.85. The zero-order valence-electron chi connectivity index (χ0n) is 17.2. The van der Waals surface area contributed by atoms with Gasteiger partial charge in [-0.1, -0.05) is 36.0 Å². The predicted molar refractivity (Wildman–Crippen MR) is 115 cm³/mol. The van der Waals surface area contributed by atoms with Crippen LogP contribution in [0.2, 0.25) is 0 Å². The number of aromatic nitrogens is 2. The number of hydrogen-bond acceptors (Lipinski definition) is 5. The Hall–Kier alpha value is -3.07. The Morgan fingerprint density at radius 1 is 1.09 bits per heavy atom. The summed E-state index contributed by atoms with van der Waals surface area (Å²) in [6.07, 6.45) is -3.87. The monoisotopic (exact) mass is 459 g/mol. The average Bonchev–Trinajstić information content (AvgIpc) is 2.81. The number of nitrogens with zero attached hydrogens (tertiary/aromatic N) is 3. The van der Waals surface area contributed by atoms with Crippen molar-refractivity contribution in [3.8, 4) is 17.0 Å². The molecule has 9 heteroatoms. The topological polar surface area (TPSA) is 55.3 Å². The molecule has 2 aromatic carbocycles. The Morgan fingerprint density at radius 2 is 1.81 bits per heavy atom. The van der Waals surface area contributed by atoms with Crippen molar-refractivity contribution in [2.45, 2.75) is 24.3 Å². The number of fused-ring (bicyclic) bond motifs is 1. The lowest BCUT2D eigenvalue weighted by atomic mass is 10.00. The van der Waals surface area contributed by atoms with Crippen molar-refractivity contribution in [3.05, 3.63) is 71.4 Å². The quantitative estimate of drug-likeness (QED) is 0.403. The zero-order valence-corrected chi connectivity index (χ0v) is 18.0. The number of alkyl halides is 3. The lowest BCUT2D eigenvalue weighted by molar-refractivity contribution is -0.141. The Kier molecular flexibility index (Phi) is 6.36. The summed E-state index contributed by atoms with van der Waals surface area (Å²) in [5.41, 5.74) is 1.90. The molecule has 4 rings (SSSR count). The Labute approximate surface area is 187 Å². The third kappa shape index (κ3) is 5.04. The van der Waals surface area contributed by atoms with Crippen LogP contribution in [0.5, 0.6) is 5.75 Å². The molecule has 0 unspecified atom stereocenters. The van der Waals surface area contributed by atoms with Gasteiger partial charge in [-0.25, -0.2) is 9.97 Å². The second-order valence-electron chi connectivity index (χ2n) is 7.27. The van der Waals surface area contributed by atoms with Crippen molar-refractivity contribution in [1.82, 2.24) is 14.9 Å². The fourth-order valence-corrected chi connectivity index (χ4v) is 4.23. The molecule has 0 bridgehead atoms. The first-order chi connectivity index (χ1) is 15.3. The molecule has 1 amide bonds. The highest BCUT2D eigenvalue weighted by Gasteiger charge is 2.34. The van der Waals surface area contributed by atoms with E-state index in [0.29, 0.717) is 24.4 Å². The van der Waals surface area contributed by atoms with E-state index in [-0.39, 0.29) is 22.5 Å². The van der Waals surface area contributed by atoms with Crippen molar-refractivity contribution in [1.29, 1.82) is 0 Å². The van der Waals surface area contributed by atoms with Gasteiger partial charge in [-0.2, -0.15) is 13.2 Å². The summed E-state index contributed by atoms with van der Waals surface area (Å²) in [5, 5.41) is -0.0867. The minimum Gasteiger partial charge on any atom is -0.497 e. The van der Waals surface area contributed by atoms with Gasteiger partial charge in [-0.3, -0.25) is 4.79 Å². The molecule has 0 saturated carbocycles. The third-order valence-electron chi connectivity index (χ3n) is 5.19. The molecule has 0 fully saturated rings. The Balaban J connectivity index is 1.52. The normalized spacial score (nSPS) is 13.6. The number of rotatable bonds is 5. The largest absolute Gasteiger partial charge is 0.497 e. The third-order valence-corrected chi connectivity index (χ3v) is 6.02. The lowest BCUT2D eigenvalue weighted by Crippen LogP contribution is -2.37. The van der Waals surface area contributed by atoms with Gasteiger partial charge in [0.1, 0.15) is 11.4 Å². The lowest BCUT2D eigenvalue weighted by Gasteiger charge is -2.28. The minimum atomic E-state index is -4.62. The number of benzene rings is 2. The van der Waals surface area contributed by atoms with E-state index >= 15 is 0 Å². The Bertz CT molecular complexity index is 1120. The average molecular weight is 459 g/mol. The van der Waals surface area contributed by atoms with Crippen molar-refractivity contribution in [3.63, 3.8) is 0 Å². The molecule has 1 aliphatic heterocycles. The van der Waals surface area contributed by atoms with E-state index in [4.69, 9.17) is 4.74 Å². The number of ether oxygens (including phenoxy) is 1. The maximum atomic E-state index is 13.4. The molecule has 0 N–H and O–H groups in total. The van der Waals surface area contributed by atoms with Crippen LogP contribution in [0.1, 0.15) is 16.8 Å². The number of methoxy groups -OCH3 is 1. The maximum Gasteiger partial charge on any atom is 0.433 e. The first kappa shape index (κ1) is 22.1. The zero-order chi connectivity index (χ0) is 22.7. The van der Waals surface area contributed by atoms with Crippen molar-refractivity contribution < 1.29 is 22.7 Å². The van der Waals surface area contributed by atoms with Crippen LogP contribution in [-0.4, -0.2) is 40.2 Å². The van der Waals surface area contributed by atoms with Crippen molar-refractivity contribution in [2.24, 2.45) is 0 Å². The highest BCUT2D eigenvalue weighted by molar-refractivity contribution is 7.99. The highest BCUT2D eigenvalue weighted by atomic mass is 32.2. The van der Waals surface area contributed by atoms with E-state index in [1.54, 1.807) is 29.2 Å². The molecule has 166 valence electrons. The van der Waals surface area contributed by atoms with Crippen LogP contribution < -0.4 is 4.74 Å². The standard InChI is InChI=1S/C23H20F3N3O2S/c1-31-18-8-6-16(7-9-18)19-12-20(23(24,25)26)28-22(27-19)32-14-21(30)29-11-10-15-4-2-3-5-17(15)13-29/h2-9,12H,10-11,13-14H2,1H3. The summed E-state index contributed by atoms with van der Waals surface area (Å²) in [5.74, 6) is 0.393. The molecular weight excluding hydrogens is 439 g/mol. The van der Waals surface area contributed by atoms with Crippen LogP contribution >= 0.6 is 11.8 Å². The van der Waals surface area contributed by atoms with E-state index < -0.39 is 11.9 Å². The molecule has 32 heavy (non-hydrogen) atoms. The number of carbonyl (C=O) groups excluding carboxylic acids is 1. The van der Waals surface area contributed by atoms with Crippen LogP contribution in [0.3, 0.4) is 0 Å². The molecule has 2 heterocycles. The smallest absolute Gasteiger partial charge is 0.433 e. The van der Waals surface area contributed by atoms with E-state index in [1.807, 2.05) is 24.3 Å². The molecule has 0 aliphatic carbocycles. The van der Waals surface area contributed by atoms with Crippen LogP contribution in [0.15, 0.2) is 59.8 Å².